The fraction of sp³-hybridized carbons (Fsp3) is 0.500. The maximum absolute atomic E-state index is 12.0. The van der Waals surface area contributed by atoms with Crippen LogP contribution >= 0.6 is 23.6 Å². The van der Waals surface area contributed by atoms with Gasteiger partial charge in [0.15, 0.2) is 5.11 Å². The van der Waals surface area contributed by atoms with Gasteiger partial charge in [-0.25, -0.2) is 0 Å². The van der Waals surface area contributed by atoms with Crippen molar-refractivity contribution in [3.8, 4) is 0 Å². The van der Waals surface area contributed by atoms with E-state index >= 15 is 0 Å². The van der Waals surface area contributed by atoms with Gasteiger partial charge in [-0.3, -0.25) is 15.6 Å². The fourth-order valence-electron chi connectivity index (χ4n) is 2.07. The van der Waals surface area contributed by atoms with E-state index < -0.39 is 0 Å². The SMILES string of the molecule is CCNC(=S)NNC(=O)c1csc2c1CCCC2. The first kappa shape index (κ1) is 13.3. The summed E-state index contributed by atoms with van der Waals surface area (Å²) in [6, 6.07) is 0. The molecule has 0 radical (unpaired) electrons. The van der Waals surface area contributed by atoms with Crippen LogP contribution in [0.25, 0.3) is 0 Å². The Bertz CT molecular complexity index is 456. The van der Waals surface area contributed by atoms with E-state index in [0.29, 0.717) is 5.11 Å². The van der Waals surface area contributed by atoms with E-state index in [0.717, 1.165) is 24.9 Å². The number of amides is 1. The Hall–Kier alpha value is -1.14. The summed E-state index contributed by atoms with van der Waals surface area (Å²) in [5.74, 6) is -0.102. The Morgan fingerprint density at radius 2 is 2.17 bits per heavy atom. The molecule has 2 rings (SSSR count). The molecule has 0 aliphatic heterocycles. The molecule has 0 fully saturated rings. The molecule has 18 heavy (non-hydrogen) atoms. The molecule has 1 heterocycles. The molecular formula is C12H17N3OS2. The number of rotatable bonds is 2. The van der Waals surface area contributed by atoms with Gasteiger partial charge in [0, 0.05) is 16.8 Å². The number of hydrazine groups is 1. The van der Waals surface area contributed by atoms with Gasteiger partial charge < -0.3 is 5.32 Å². The zero-order valence-electron chi connectivity index (χ0n) is 10.3. The highest BCUT2D eigenvalue weighted by Gasteiger charge is 2.19. The van der Waals surface area contributed by atoms with Crippen molar-refractivity contribution < 1.29 is 4.79 Å². The van der Waals surface area contributed by atoms with Gasteiger partial charge in [0.1, 0.15) is 0 Å². The molecule has 1 aliphatic carbocycles. The third kappa shape index (κ3) is 3.00. The maximum atomic E-state index is 12.0. The van der Waals surface area contributed by atoms with Gasteiger partial charge in [0.05, 0.1) is 5.56 Å². The lowest BCUT2D eigenvalue weighted by atomic mass is 9.96. The fourth-order valence-corrected chi connectivity index (χ4v) is 3.39. The van der Waals surface area contributed by atoms with Crippen LogP contribution < -0.4 is 16.2 Å². The van der Waals surface area contributed by atoms with Gasteiger partial charge in [-0.1, -0.05) is 0 Å². The van der Waals surface area contributed by atoms with Crippen LogP contribution in [-0.4, -0.2) is 17.6 Å². The molecule has 1 aliphatic rings. The lowest BCUT2D eigenvalue weighted by molar-refractivity contribution is 0.0943. The Balaban J connectivity index is 1.97. The molecule has 1 aromatic heterocycles. The number of carbonyl (C=O) groups excluding carboxylic acids is 1. The minimum Gasteiger partial charge on any atom is -0.362 e. The van der Waals surface area contributed by atoms with Crippen molar-refractivity contribution in [2.45, 2.75) is 32.6 Å². The third-order valence-electron chi connectivity index (χ3n) is 2.93. The Morgan fingerprint density at radius 1 is 1.39 bits per heavy atom. The predicted molar refractivity (Wildman–Crippen MR) is 77.8 cm³/mol. The van der Waals surface area contributed by atoms with Crippen LogP contribution in [0.4, 0.5) is 0 Å². The van der Waals surface area contributed by atoms with E-state index in [4.69, 9.17) is 12.2 Å². The van der Waals surface area contributed by atoms with Crippen molar-refractivity contribution in [3.63, 3.8) is 0 Å². The van der Waals surface area contributed by atoms with Crippen LogP contribution in [0.3, 0.4) is 0 Å². The van der Waals surface area contributed by atoms with Crippen molar-refractivity contribution in [3.05, 3.63) is 21.4 Å². The molecule has 1 amide bonds. The molecule has 6 heteroatoms. The summed E-state index contributed by atoms with van der Waals surface area (Å²) in [6.45, 7) is 2.68. The highest BCUT2D eigenvalue weighted by atomic mass is 32.1. The average Bonchev–Trinajstić information content (AvgIpc) is 2.80. The minimum atomic E-state index is -0.102. The van der Waals surface area contributed by atoms with Crippen molar-refractivity contribution in [2.75, 3.05) is 6.54 Å². The van der Waals surface area contributed by atoms with Crippen LogP contribution in [0.5, 0.6) is 0 Å². The smallest absolute Gasteiger partial charge is 0.270 e. The number of aryl methyl sites for hydroxylation is 1. The number of carbonyl (C=O) groups is 1. The Labute approximate surface area is 116 Å². The van der Waals surface area contributed by atoms with Gasteiger partial charge in [0.25, 0.3) is 5.91 Å². The summed E-state index contributed by atoms with van der Waals surface area (Å²) in [5, 5.41) is 5.30. The highest BCUT2D eigenvalue weighted by Crippen LogP contribution is 2.29. The predicted octanol–water partition coefficient (Wildman–Crippen LogP) is 1.76. The molecule has 0 spiro atoms. The molecule has 0 saturated heterocycles. The lowest BCUT2D eigenvalue weighted by Gasteiger charge is -2.13. The van der Waals surface area contributed by atoms with Crippen molar-refractivity contribution in [2.24, 2.45) is 0 Å². The molecule has 98 valence electrons. The van der Waals surface area contributed by atoms with Crippen molar-refractivity contribution in [1.82, 2.24) is 16.2 Å². The number of hydrogen-bond donors (Lipinski definition) is 3. The van der Waals surface area contributed by atoms with E-state index in [1.54, 1.807) is 11.3 Å². The van der Waals surface area contributed by atoms with Crippen LogP contribution in [0.2, 0.25) is 0 Å². The number of thiophene rings is 1. The van der Waals surface area contributed by atoms with Gasteiger partial charge in [-0.05, 0) is 50.4 Å². The van der Waals surface area contributed by atoms with E-state index in [9.17, 15) is 4.79 Å². The van der Waals surface area contributed by atoms with E-state index in [1.807, 2.05) is 12.3 Å². The maximum Gasteiger partial charge on any atom is 0.270 e. The summed E-state index contributed by atoms with van der Waals surface area (Å²) < 4.78 is 0. The third-order valence-corrected chi connectivity index (χ3v) is 4.27. The zero-order valence-corrected chi connectivity index (χ0v) is 12.0. The van der Waals surface area contributed by atoms with Crippen LogP contribution in [0.15, 0.2) is 5.38 Å². The second-order valence-electron chi connectivity index (χ2n) is 4.20. The molecule has 0 atom stereocenters. The Kier molecular flexibility index (Phi) is 4.54. The average molecular weight is 283 g/mol. The second-order valence-corrected chi connectivity index (χ2v) is 5.57. The molecule has 4 nitrogen and oxygen atoms in total. The molecule has 3 N–H and O–H groups in total. The standard InChI is InChI=1S/C12H17N3OS2/c1-2-13-12(17)15-14-11(16)9-7-18-10-6-4-3-5-8(9)10/h7H,2-6H2,1H3,(H,14,16)(H2,13,15,17). The highest BCUT2D eigenvalue weighted by molar-refractivity contribution is 7.80. The van der Waals surface area contributed by atoms with Crippen LogP contribution in [-0.2, 0) is 12.8 Å². The van der Waals surface area contributed by atoms with Crippen LogP contribution in [0.1, 0.15) is 40.6 Å². The minimum absolute atomic E-state index is 0.102. The molecular weight excluding hydrogens is 266 g/mol. The van der Waals surface area contributed by atoms with Crippen molar-refractivity contribution >= 4 is 34.6 Å². The zero-order chi connectivity index (χ0) is 13.0. The first-order valence-electron chi connectivity index (χ1n) is 6.15. The van der Waals surface area contributed by atoms with Gasteiger partial charge >= 0.3 is 0 Å². The quantitative estimate of drug-likeness (QED) is 0.572. The number of nitrogens with one attached hydrogen (secondary N) is 3. The molecule has 0 bridgehead atoms. The monoisotopic (exact) mass is 283 g/mol. The van der Waals surface area contributed by atoms with Gasteiger partial charge in [0.2, 0.25) is 0 Å². The summed E-state index contributed by atoms with van der Waals surface area (Å²) >= 11 is 6.68. The summed E-state index contributed by atoms with van der Waals surface area (Å²) in [7, 11) is 0. The topological polar surface area (TPSA) is 53.2 Å². The first-order chi connectivity index (χ1) is 8.72. The van der Waals surface area contributed by atoms with Crippen LogP contribution in [0, 0.1) is 0 Å². The number of hydrogen-bond acceptors (Lipinski definition) is 3. The molecule has 1 aromatic rings. The Morgan fingerprint density at radius 3 is 2.94 bits per heavy atom. The summed E-state index contributed by atoms with van der Waals surface area (Å²) in [4.78, 5) is 13.4. The summed E-state index contributed by atoms with van der Waals surface area (Å²) in [6.07, 6.45) is 4.53. The molecule has 0 saturated carbocycles. The molecule has 0 aromatic carbocycles. The lowest BCUT2D eigenvalue weighted by Crippen LogP contribution is -2.46. The van der Waals surface area contributed by atoms with Gasteiger partial charge in [-0.2, -0.15) is 0 Å². The van der Waals surface area contributed by atoms with E-state index in [2.05, 4.69) is 16.2 Å². The molecule has 0 unspecified atom stereocenters. The number of fused-ring (bicyclic) bond motifs is 1. The summed E-state index contributed by atoms with van der Waals surface area (Å²) in [5.41, 5.74) is 7.35. The first-order valence-corrected chi connectivity index (χ1v) is 7.44. The van der Waals surface area contributed by atoms with Gasteiger partial charge in [-0.15, -0.1) is 11.3 Å². The van der Waals surface area contributed by atoms with Crippen molar-refractivity contribution in [1.29, 1.82) is 0 Å². The van der Waals surface area contributed by atoms with E-state index in [-0.39, 0.29) is 5.91 Å². The number of thiocarbonyl (C=S) groups is 1. The normalized spacial score (nSPS) is 13.6. The van der Waals surface area contributed by atoms with E-state index in [1.165, 1.54) is 23.3 Å². The second kappa shape index (κ2) is 6.15. The largest absolute Gasteiger partial charge is 0.362 e.